The number of fused-ring (bicyclic) bond motifs is 2. The summed E-state index contributed by atoms with van der Waals surface area (Å²) in [6, 6.07) is 24.8. The Labute approximate surface area is 324 Å². The van der Waals surface area contributed by atoms with Gasteiger partial charge >= 0.3 is 5.97 Å². The van der Waals surface area contributed by atoms with Crippen LogP contribution in [0.2, 0.25) is 0 Å². The number of likely N-dealkylation sites (N-methyl/N-ethyl adjacent to an activating group) is 2. The molecule has 1 N–H and O–H groups in total. The van der Waals surface area contributed by atoms with Gasteiger partial charge in [0, 0.05) is 48.4 Å². The molecular formula is C44H43N3O9. The first-order valence-corrected chi connectivity index (χ1v) is 18.6. The van der Waals surface area contributed by atoms with Gasteiger partial charge in [0.1, 0.15) is 11.5 Å². The van der Waals surface area contributed by atoms with Gasteiger partial charge in [-0.2, -0.15) is 0 Å². The second kappa shape index (κ2) is 15.3. The third-order valence-corrected chi connectivity index (χ3v) is 11.2. The van der Waals surface area contributed by atoms with Gasteiger partial charge in [0.25, 0.3) is 5.69 Å². The van der Waals surface area contributed by atoms with Gasteiger partial charge in [0.05, 0.1) is 31.3 Å². The Morgan fingerprint density at radius 2 is 1.50 bits per heavy atom. The van der Waals surface area contributed by atoms with E-state index in [2.05, 4.69) is 36.0 Å². The first-order chi connectivity index (χ1) is 27.1. The largest absolute Gasteiger partial charge is 0.493 e. The predicted octanol–water partition coefficient (Wildman–Crippen LogP) is 7.76. The molecule has 5 aromatic carbocycles. The van der Waals surface area contributed by atoms with Crippen molar-refractivity contribution in [1.29, 1.82) is 0 Å². The number of aliphatic hydroxyl groups excluding tert-OH is 1. The number of non-ortho nitro benzene ring substituents is 1. The minimum Gasteiger partial charge on any atom is -0.493 e. The first-order valence-electron chi connectivity index (χ1n) is 18.6. The topological polar surface area (TPSA) is 133 Å². The molecule has 56 heavy (non-hydrogen) atoms. The summed E-state index contributed by atoms with van der Waals surface area (Å²) in [6.07, 6.45) is 2.86. The first kappa shape index (κ1) is 37.0. The number of rotatable bonds is 6. The standard InChI is InChI=1S/C44H43N3O9/c1-45-17-15-29-22-31(25-48)38-24-34(29)35(45)19-26-5-12-33(13-6-26)54-39-21-27(7-14-37(39)56-44(49)28-8-10-32(11-9-28)47(50)51)20-36-41-30(16-18-46(36)2)23-40(52-3)42(53-4)43(41)55-38/h5-14,21-24,35-36,48H,15-20,25H2,1-4H3/t35-,36-/m0/s1. The van der Waals surface area contributed by atoms with Crippen molar-refractivity contribution >= 4 is 11.7 Å². The van der Waals surface area contributed by atoms with E-state index in [-0.39, 0.29) is 35.7 Å². The van der Waals surface area contributed by atoms with Crippen LogP contribution in [-0.4, -0.2) is 67.2 Å². The fourth-order valence-electron chi connectivity index (χ4n) is 8.12. The molecule has 0 fully saturated rings. The zero-order valence-electron chi connectivity index (χ0n) is 31.7. The Balaban J connectivity index is 1.28. The molecule has 0 spiro atoms. The highest BCUT2D eigenvalue weighted by Crippen LogP contribution is 2.51. The van der Waals surface area contributed by atoms with Gasteiger partial charge in [-0.05, 0) is 122 Å². The number of ether oxygens (including phenoxy) is 5. The molecule has 0 aliphatic carbocycles. The van der Waals surface area contributed by atoms with Crippen LogP contribution in [0.15, 0.2) is 84.9 Å². The van der Waals surface area contributed by atoms with E-state index in [0.717, 1.165) is 60.2 Å². The lowest BCUT2D eigenvalue weighted by molar-refractivity contribution is -0.384. The van der Waals surface area contributed by atoms with Gasteiger partial charge in [0.2, 0.25) is 5.75 Å². The van der Waals surface area contributed by atoms with Crippen LogP contribution in [0.5, 0.6) is 40.2 Å². The van der Waals surface area contributed by atoms with E-state index in [9.17, 15) is 20.0 Å². The maximum absolute atomic E-state index is 13.3. The molecule has 0 saturated carbocycles. The summed E-state index contributed by atoms with van der Waals surface area (Å²) in [5.41, 5.74) is 7.11. The highest BCUT2D eigenvalue weighted by atomic mass is 16.6. The summed E-state index contributed by atoms with van der Waals surface area (Å²) in [4.78, 5) is 28.6. The molecule has 0 amide bonds. The second-order valence-corrected chi connectivity index (χ2v) is 14.6. The van der Waals surface area contributed by atoms with Crippen LogP contribution in [0, 0.1) is 10.1 Å². The van der Waals surface area contributed by atoms with Crippen molar-refractivity contribution in [3.63, 3.8) is 0 Å². The van der Waals surface area contributed by atoms with Crippen molar-refractivity contribution in [3.8, 4) is 40.2 Å². The number of nitrogens with zero attached hydrogens (tertiary/aromatic N) is 3. The van der Waals surface area contributed by atoms with E-state index >= 15 is 0 Å². The van der Waals surface area contributed by atoms with Gasteiger partial charge in [-0.1, -0.05) is 18.2 Å². The van der Waals surface area contributed by atoms with Crippen molar-refractivity contribution in [1.82, 2.24) is 9.80 Å². The quantitative estimate of drug-likeness (QED) is 0.0789. The fraction of sp³-hybridized carbons (Fsp3) is 0.295. The van der Waals surface area contributed by atoms with Gasteiger partial charge in [-0.15, -0.1) is 0 Å². The molecule has 5 aromatic rings. The highest BCUT2D eigenvalue weighted by molar-refractivity contribution is 5.91. The summed E-state index contributed by atoms with van der Waals surface area (Å²) in [7, 11) is 7.43. The molecule has 0 unspecified atom stereocenters. The average molecular weight is 758 g/mol. The number of nitro benzene ring substituents is 1. The van der Waals surface area contributed by atoms with E-state index in [0.29, 0.717) is 46.5 Å². The van der Waals surface area contributed by atoms with Crippen LogP contribution >= 0.6 is 0 Å². The van der Waals surface area contributed by atoms with E-state index in [1.54, 1.807) is 20.3 Å². The Hall–Kier alpha value is -5.95. The minimum atomic E-state index is -0.674. The zero-order valence-corrected chi connectivity index (χ0v) is 31.7. The van der Waals surface area contributed by atoms with Crippen LogP contribution in [0.3, 0.4) is 0 Å². The van der Waals surface area contributed by atoms with E-state index < -0.39 is 10.9 Å². The Morgan fingerprint density at radius 3 is 2.20 bits per heavy atom. The third kappa shape index (κ3) is 7.03. The normalized spacial score (nSPS) is 17.7. The zero-order chi connectivity index (χ0) is 39.1. The third-order valence-electron chi connectivity index (χ3n) is 11.2. The SMILES string of the molecule is COc1cc2c3c(c1OC)Oc1cc4c(cc1CO)CCN(C)[C@H]4Cc1ccc(cc1)Oc1cc(ccc1OC(=O)c1ccc([N+](=O)[O-])cc1)C[C@@H]3N(C)CC2. The van der Waals surface area contributed by atoms with Crippen LogP contribution in [0.4, 0.5) is 5.69 Å². The molecule has 0 saturated heterocycles. The van der Waals surface area contributed by atoms with Gasteiger partial charge in [0.15, 0.2) is 23.0 Å². The number of hydrogen-bond donors (Lipinski definition) is 1. The van der Waals surface area contributed by atoms with E-state index in [1.165, 1.54) is 29.8 Å². The molecular weight excluding hydrogens is 714 g/mol. The maximum atomic E-state index is 13.3. The predicted molar refractivity (Wildman–Crippen MR) is 209 cm³/mol. The highest BCUT2D eigenvalue weighted by Gasteiger charge is 2.34. The number of hydrogen-bond acceptors (Lipinski definition) is 11. The number of nitro groups is 1. The van der Waals surface area contributed by atoms with Crippen LogP contribution in [0.1, 0.15) is 61.4 Å². The Morgan fingerprint density at radius 1 is 0.804 bits per heavy atom. The summed E-state index contributed by atoms with van der Waals surface area (Å²) in [6.45, 7) is 1.46. The van der Waals surface area contributed by atoms with Crippen molar-refractivity contribution in [2.75, 3.05) is 41.4 Å². The number of carbonyl (C=O) groups is 1. The molecule has 0 radical (unpaired) electrons. The molecule has 0 aromatic heterocycles. The van der Waals surface area contributed by atoms with Crippen LogP contribution in [0.25, 0.3) is 0 Å². The molecule has 6 bridgehead atoms. The molecule has 12 heteroatoms. The molecule has 4 aliphatic heterocycles. The van der Waals surface area contributed by atoms with Crippen molar-refractivity contribution in [2.45, 2.75) is 44.4 Å². The van der Waals surface area contributed by atoms with Crippen LogP contribution in [-0.2, 0) is 32.3 Å². The number of carbonyl (C=O) groups excluding carboxylic acids is 1. The number of benzene rings is 5. The van der Waals surface area contributed by atoms with Gasteiger partial charge in [-0.3, -0.25) is 19.9 Å². The van der Waals surface area contributed by atoms with Gasteiger partial charge < -0.3 is 28.8 Å². The lowest BCUT2D eigenvalue weighted by atomic mass is 9.86. The van der Waals surface area contributed by atoms with Crippen molar-refractivity contribution in [2.24, 2.45) is 0 Å². The summed E-state index contributed by atoms with van der Waals surface area (Å²) >= 11 is 0. The number of methoxy groups -OCH3 is 2. The number of esters is 1. The van der Waals surface area contributed by atoms with Crippen LogP contribution < -0.4 is 23.7 Å². The summed E-state index contributed by atoms with van der Waals surface area (Å²) in [5, 5.41) is 21.9. The lowest BCUT2D eigenvalue weighted by Crippen LogP contribution is -2.34. The smallest absolute Gasteiger partial charge is 0.343 e. The molecule has 2 atom stereocenters. The van der Waals surface area contributed by atoms with E-state index in [1.807, 2.05) is 42.5 Å². The maximum Gasteiger partial charge on any atom is 0.343 e. The monoisotopic (exact) mass is 757 g/mol. The summed E-state index contributed by atoms with van der Waals surface area (Å²) in [5.74, 6) is 2.57. The lowest BCUT2D eigenvalue weighted by Gasteiger charge is -2.37. The molecule has 288 valence electrons. The average Bonchev–Trinajstić information content (AvgIpc) is 3.20. The molecule has 12 nitrogen and oxygen atoms in total. The van der Waals surface area contributed by atoms with Crippen molar-refractivity contribution < 1.29 is 38.5 Å². The molecule has 9 rings (SSSR count). The Bertz CT molecular complexity index is 2310. The van der Waals surface area contributed by atoms with Crippen molar-refractivity contribution in [3.05, 3.63) is 140 Å². The van der Waals surface area contributed by atoms with Gasteiger partial charge in [-0.25, -0.2) is 4.79 Å². The molecule has 4 aliphatic rings. The molecule has 4 heterocycles. The van der Waals surface area contributed by atoms with E-state index in [4.69, 9.17) is 23.7 Å². The fourth-order valence-corrected chi connectivity index (χ4v) is 8.12. The Kier molecular flexibility index (Phi) is 10.1. The minimum absolute atomic E-state index is 0.0432. The summed E-state index contributed by atoms with van der Waals surface area (Å²) < 4.78 is 31.3. The number of aliphatic hydroxyl groups is 1. The second-order valence-electron chi connectivity index (χ2n) is 14.6.